The molecule has 0 saturated carbocycles. The lowest BCUT2D eigenvalue weighted by Gasteiger charge is -2.18. The molecule has 0 saturated heterocycles. The molecule has 0 fully saturated rings. The van der Waals surface area contributed by atoms with Crippen molar-refractivity contribution in [1.82, 2.24) is 5.32 Å². The summed E-state index contributed by atoms with van der Waals surface area (Å²) in [6.07, 6.45) is 0. The maximum atomic E-state index is 10.9. The van der Waals surface area contributed by atoms with Crippen LogP contribution in [0.25, 0.3) is 0 Å². The van der Waals surface area contributed by atoms with Gasteiger partial charge >= 0.3 is 0 Å². The number of carbonyl (C=O) groups excluding carboxylic acids is 1. The Morgan fingerprint density at radius 1 is 1.53 bits per heavy atom. The Kier molecular flexibility index (Phi) is 4.51. The zero-order valence-corrected chi connectivity index (χ0v) is 10.7. The van der Waals surface area contributed by atoms with Crippen LogP contribution in [0.2, 0.25) is 5.02 Å². The lowest BCUT2D eigenvalue weighted by Crippen LogP contribution is -2.34. The number of carbonyl (C=O) groups is 1. The van der Waals surface area contributed by atoms with Crippen molar-refractivity contribution in [1.29, 1.82) is 0 Å². The molecule has 5 heteroatoms. The Hall–Kier alpha value is -1.10. The fourth-order valence-electron chi connectivity index (χ4n) is 1.35. The Morgan fingerprint density at radius 2 is 2.18 bits per heavy atom. The molecule has 1 aromatic carbocycles. The van der Waals surface area contributed by atoms with Crippen LogP contribution in [0.4, 0.5) is 0 Å². The molecule has 0 heterocycles. The largest absolute Gasteiger partial charge is 0.389 e. The SMILES string of the molecule is CC(C)(O)CNCc1ccc(C(N)=O)cc1Cl. The van der Waals surface area contributed by atoms with Crippen molar-refractivity contribution in [2.24, 2.45) is 5.73 Å². The zero-order chi connectivity index (χ0) is 13.1. The fraction of sp³-hybridized carbons (Fsp3) is 0.417. The molecule has 0 aliphatic rings. The van der Waals surface area contributed by atoms with Gasteiger partial charge in [0.2, 0.25) is 5.91 Å². The van der Waals surface area contributed by atoms with E-state index in [-0.39, 0.29) is 0 Å². The molecule has 0 aliphatic heterocycles. The summed E-state index contributed by atoms with van der Waals surface area (Å²) in [4.78, 5) is 10.9. The van der Waals surface area contributed by atoms with E-state index in [0.29, 0.717) is 23.7 Å². The summed E-state index contributed by atoms with van der Waals surface area (Å²) >= 11 is 6.01. The van der Waals surface area contributed by atoms with Crippen LogP contribution in [0, 0.1) is 0 Å². The van der Waals surface area contributed by atoms with Gasteiger partial charge in [0.05, 0.1) is 5.60 Å². The molecule has 94 valence electrons. The van der Waals surface area contributed by atoms with E-state index in [2.05, 4.69) is 5.32 Å². The number of aliphatic hydroxyl groups is 1. The Labute approximate surface area is 106 Å². The van der Waals surface area contributed by atoms with Gasteiger partial charge in [0.15, 0.2) is 0 Å². The van der Waals surface area contributed by atoms with Gasteiger partial charge in [-0.2, -0.15) is 0 Å². The first-order chi connectivity index (χ1) is 7.79. The zero-order valence-electron chi connectivity index (χ0n) is 9.96. The van der Waals surface area contributed by atoms with Crippen molar-refractivity contribution in [3.63, 3.8) is 0 Å². The summed E-state index contributed by atoms with van der Waals surface area (Å²) in [5.41, 5.74) is 5.63. The second-order valence-corrected chi connectivity index (χ2v) is 4.99. The highest BCUT2D eigenvalue weighted by Gasteiger charge is 2.12. The summed E-state index contributed by atoms with van der Waals surface area (Å²) in [5, 5.41) is 13.1. The molecule has 0 aromatic heterocycles. The lowest BCUT2D eigenvalue weighted by molar-refractivity contribution is 0.0795. The van der Waals surface area contributed by atoms with Crippen molar-refractivity contribution < 1.29 is 9.90 Å². The normalized spacial score (nSPS) is 11.5. The van der Waals surface area contributed by atoms with Gasteiger partial charge in [0, 0.05) is 23.7 Å². The number of primary amides is 1. The smallest absolute Gasteiger partial charge is 0.248 e. The van der Waals surface area contributed by atoms with Crippen LogP contribution in [-0.4, -0.2) is 23.2 Å². The minimum Gasteiger partial charge on any atom is -0.389 e. The average molecular weight is 257 g/mol. The van der Waals surface area contributed by atoms with E-state index in [9.17, 15) is 9.90 Å². The molecule has 0 spiro atoms. The van der Waals surface area contributed by atoms with Gasteiger partial charge in [0.25, 0.3) is 0 Å². The standard InChI is InChI=1S/C12H17ClN2O2/c1-12(2,17)7-15-6-9-4-3-8(11(14)16)5-10(9)13/h3-5,15,17H,6-7H2,1-2H3,(H2,14,16). The number of nitrogens with one attached hydrogen (secondary N) is 1. The Bertz CT molecular complexity index is 413. The number of halogens is 1. The molecule has 1 rings (SSSR count). The maximum absolute atomic E-state index is 10.9. The van der Waals surface area contributed by atoms with Crippen molar-refractivity contribution in [2.45, 2.75) is 26.0 Å². The molecular weight excluding hydrogens is 240 g/mol. The van der Waals surface area contributed by atoms with Crippen LogP contribution < -0.4 is 11.1 Å². The third-order valence-electron chi connectivity index (χ3n) is 2.21. The van der Waals surface area contributed by atoms with Crippen molar-refractivity contribution in [3.8, 4) is 0 Å². The second-order valence-electron chi connectivity index (χ2n) is 4.59. The highest BCUT2D eigenvalue weighted by Crippen LogP contribution is 2.17. The summed E-state index contributed by atoms with van der Waals surface area (Å²) in [6.45, 7) is 4.43. The van der Waals surface area contributed by atoms with Gasteiger partial charge in [-0.1, -0.05) is 17.7 Å². The van der Waals surface area contributed by atoms with Gasteiger partial charge in [0.1, 0.15) is 0 Å². The van der Waals surface area contributed by atoms with Crippen LogP contribution in [0.3, 0.4) is 0 Å². The van der Waals surface area contributed by atoms with Crippen molar-refractivity contribution in [2.75, 3.05) is 6.54 Å². The predicted molar refractivity (Wildman–Crippen MR) is 68.0 cm³/mol. The molecular formula is C12H17ClN2O2. The number of hydrogen-bond donors (Lipinski definition) is 3. The number of benzene rings is 1. The topological polar surface area (TPSA) is 75.3 Å². The molecule has 0 atom stereocenters. The lowest BCUT2D eigenvalue weighted by atomic mass is 10.1. The molecule has 1 aromatic rings. The molecule has 0 aliphatic carbocycles. The molecule has 0 radical (unpaired) electrons. The average Bonchev–Trinajstić information content (AvgIpc) is 2.18. The van der Waals surface area contributed by atoms with Crippen molar-refractivity contribution in [3.05, 3.63) is 34.3 Å². The highest BCUT2D eigenvalue weighted by atomic mass is 35.5. The van der Waals surface area contributed by atoms with E-state index in [4.69, 9.17) is 17.3 Å². The van der Waals surface area contributed by atoms with E-state index in [1.54, 1.807) is 32.0 Å². The fourth-order valence-corrected chi connectivity index (χ4v) is 1.59. The van der Waals surface area contributed by atoms with Gasteiger partial charge < -0.3 is 16.2 Å². The monoisotopic (exact) mass is 256 g/mol. The predicted octanol–water partition coefficient (Wildman–Crippen LogP) is 1.30. The van der Waals surface area contributed by atoms with Gasteiger partial charge in [-0.25, -0.2) is 0 Å². The summed E-state index contributed by atoms with van der Waals surface area (Å²) in [7, 11) is 0. The first-order valence-corrected chi connectivity index (χ1v) is 5.69. The van der Waals surface area contributed by atoms with Gasteiger partial charge in [-0.15, -0.1) is 0 Å². The minimum atomic E-state index is -0.764. The third-order valence-corrected chi connectivity index (χ3v) is 2.56. The molecule has 4 nitrogen and oxygen atoms in total. The van der Waals surface area contributed by atoms with E-state index >= 15 is 0 Å². The molecule has 1 amide bonds. The van der Waals surface area contributed by atoms with Crippen LogP contribution in [0.5, 0.6) is 0 Å². The van der Waals surface area contributed by atoms with Crippen LogP contribution in [0.1, 0.15) is 29.8 Å². The van der Waals surface area contributed by atoms with Crippen LogP contribution >= 0.6 is 11.6 Å². The quantitative estimate of drug-likeness (QED) is 0.743. The van der Waals surface area contributed by atoms with E-state index in [0.717, 1.165) is 5.56 Å². The van der Waals surface area contributed by atoms with Gasteiger partial charge in [-0.05, 0) is 31.5 Å². The molecule has 0 bridgehead atoms. The third kappa shape index (κ3) is 4.73. The first kappa shape index (κ1) is 14.0. The van der Waals surface area contributed by atoms with E-state index in [1.165, 1.54) is 0 Å². The minimum absolute atomic E-state index is 0.390. The number of rotatable bonds is 5. The number of hydrogen-bond acceptors (Lipinski definition) is 3. The summed E-state index contributed by atoms with van der Waals surface area (Å²) < 4.78 is 0. The first-order valence-electron chi connectivity index (χ1n) is 5.31. The van der Waals surface area contributed by atoms with Crippen LogP contribution in [-0.2, 0) is 6.54 Å². The van der Waals surface area contributed by atoms with Crippen molar-refractivity contribution >= 4 is 17.5 Å². The number of amides is 1. The maximum Gasteiger partial charge on any atom is 0.248 e. The number of nitrogens with two attached hydrogens (primary N) is 1. The van der Waals surface area contributed by atoms with Gasteiger partial charge in [-0.3, -0.25) is 4.79 Å². The molecule has 4 N–H and O–H groups in total. The second kappa shape index (κ2) is 5.49. The molecule has 0 unspecified atom stereocenters. The Morgan fingerprint density at radius 3 is 2.65 bits per heavy atom. The van der Waals surface area contributed by atoms with E-state index in [1.807, 2.05) is 0 Å². The summed E-state index contributed by atoms with van der Waals surface area (Å²) in [6, 6.07) is 4.93. The van der Waals surface area contributed by atoms with E-state index < -0.39 is 11.5 Å². The highest BCUT2D eigenvalue weighted by molar-refractivity contribution is 6.31. The Balaban J connectivity index is 2.64. The van der Waals surface area contributed by atoms with Crippen LogP contribution in [0.15, 0.2) is 18.2 Å². The molecule has 17 heavy (non-hydrogen) atoms. The summed E-state index contributed by atoms with van der Waals surface area (Å²) in [5.74, 6) is -0.497.